The molecule has 0 aliphatic heterocycles. The number of fused-ring (bicyclic) bond motifs is 1. The molecule has 0 amide bonds. The number of nitro benzene ring substituents is 1. The molecule has 0 unspecified atom stereocenters. The molecule has 9 heteroatoms. The van der Waals surface area contributed by atoms with E-state index in [1.807, 2.05) is 13.8 Å². The zero-order valence-corrected chi connectivity index (χ0v) is 11.4. The summed E-state index contributed by atoms with van der Waals surface area (Å²) < 4.78 is 4.48. The third kappa shape index (κ3) is 3.07. The summed E-state index contributed by atoms with van der Waals surface area (Å²) in [6.45, 7) is 3.74. The van der Waals surface area contributed by atoms with Gasteiger partial charge in [-0.05, 0) is 34.8 Å². The minimum Gasteiger partial charge on any atom is -0.480 e. The van der Waals surface area contributed by atoms with Crippen molar-refractivity contribution in [1.82, 2.24) is 10.3 Å². The van der Waals surface area contributed by atoms with E-state index in [1.165, 1.54) is 12.1 Å². The summed E-state index contributed by atoms with van der Waals surface area (Å²) in [5.41, 5.74) is -0.0401. The van der Waals surface area contributed by atoms with Gasteiger partial charge in [0.25, 0.3) is 0 Å². The second kappa shape index (κ2) is 5.73. The number of aliphatic carboxylic acids is 1. The third-order valence-electron chi connectivity index (χ3n) is 2.92. The van der Waals surface area contributed by atoms with Gasteiger partial charge in [0.2, 0.25) is 5.52 Å². The van der Waals surface area contributed by atoms with Gasteiger partial charge in [0.1, 0.15) is 17.2 Å². The molecule has 2 rings (SSSR count). The summed E-state index contributed by atoms with van der Waals surface area (Å²) in [5.74, 6) is -0.952. The number of aromatic nitrogens is 2. The fourth-order valence-corrected chi connectivity index (χ4v) is 2.02. The summed E-state index contributed by atoms with van der Waals surface area (Å²) in [7, 11) is 0. The van der Waals surface area contributed by atoms with Crippen molar-refractivity contribution in [3.8, 4) is 0 Å². The molecule has 0 spiro atoms. The Bertz CT molecular complexity index is 681. The largest absolute Gasteiger partial charge is 0.480 e. The van der Waals surface area contributed by atoms with Crippen molar-refractivity contribution < 1.29 is 19.5 Å². The lowest BCUT2D eigenvalue weighted by Crippen LogP contribution is -2.31. The van der Waals surface area contributed by atoms with Gasteiger partial charge in [-0.3, -0.25) is 10.1 Å². The molecule has 9 nitrogen and oxygen atoms in total. The minimum atomic E-state index is -1.07. The molecule has 0 saturated carbocycles. The molecule has 0 bridgehead atoms. The van der Waals surface area contributed by atoms with Gasteiger partial charge in [-0.15, -0.1) is 0 Å². The molecule has 1 aromatic heterocycles. The number of hydrogen-bond donors (Lipinski definition) is 2. The van der Waals surface area contributed by atoms with E-state index in [0.717, 1.165) is 0 Å². The standard InChI is InChI=1S/C12H14N4O5/c1-6(2)5-9(12(17)18)13-8-4-3-7-10(15-21-14-7)11(8)16(19)20/h3-4,6,9,13H,5H2,1-2H3,(H,17,18)/t9-/m1/s1. The van der Waals surface area contributed by atoms with Crippen LogP contribution in [-0.4, -0.2) is 32.4 Å². The summed E-state index contributed by atoms with van der Waals surface area (Å²) >= 11 is 0. The Kier molecular flexibility index (Phi) is 4.01. The minimum absolute atomic E-state index is 0.0151. The molecule has 2 aromatic rings. The van der Waals surface area contributed by atoms with Crippen LogP contribution in [0.25, 0.3) is 11.0 Å². The highest BCUT2D eigenvalue weighted by Gasteiger charge is 2.26. The van der Waals surface area contributed by atoms with Crippen LogP contribution in [0.5, 0.6) is 0 Å². The second-order valence-electron chi connectivity index (χ2n) is 5.02. The van der Waals surface area contributed by atoms with E-state index in [4.69, 9.17) is 0 Å². The van der Waals surface area contributed by atoms with Crippen LogP contribution in [0.3, 0.4) is 0 Å². The van der Waals surface area contributed by atoms with Crippen LogP contribution in [0.2, 0.25) is 0 Å². The molecule has 0 saturated heterocycles. The SMILES string of the molecule is CC(C)C[C@@H](Nc1ccc2nonc2c1[N+](=O)[O-])C(=O)O. The monoisotopic (exact) mass is 294 g/mol. The predicted molar refractivity (Wildman–Crippen MR) is 73.0 cm³/mol. The maximum absolute atomic E-state index is 11.3. The maximum atomic E-state index is 11.3. The molecule has 1 aromatic carbocycles. The Morgan fingerprint density at radius 3 is 2.76 bits per heavy atom. The Morgan fingerprint density at radius 1 is 1.48 bits per heavy atom. The van der Waals surface area contributed by atoms with Gasteiger partial charge < -0.3 is 10.4 Å². The summed E-state index contributed by atoms with van der Waals surface area (Å²) in [4.78, 5) is 21.8. The molecule has 2 N–H and O–H groups in total. The van der Waals surface area contributed by atoms with Gasteiger partial charge in [-0.2, -0.15) is 0 Å². The highest BCUT2D eigenvalue weighted by molar-refractivity contribution is 5.92. The van der Waals surface area contributed by atoms with Crippen molar-refractivity contribution >= 4 is 28.4 Å². The summed E-state index contributed by atoms with van der Waals surface area (Å²) in [6.07, 6.45) is 0.335. The molecule has 1 atom stereocenters. The predicted octanol–water partition coefficient (Wildman–Crippen LogP) is 2.04. The lowest BCUT2D eigenvalue weighted by Gasteiger charge is -2.17. The molecule has 0 radical (unpaired) electrons. The second-order valence-corrected chi connectivity index (χ2v) is 5.02. The number of carboxylic acid groups (broad SMARTS) is 1. The zero-order chi connectivity index (χ0) is 15.6. The number of nitro groups is 1. The van der Waals surface area contributed by atoms with Crippen molar-refractivity contribution in [2.24, 2.45) is 5.92 Å². The molecule has 0 aliphatic rings. The van der Waals surface area contributed by atoms with Crippen LogP contribution in [0, 0.1) is 16.0 Å². The van der Waals surface area contributed by atoms with E-state index in [-0.39, 0.29) is 28.3 Å². The first-order valence-corrected chi connectivity index (χ1v) is 6.29. The van der Waals surface area contributed by atoms with Crippen molar-refractivity contribution in [3.05, 3.63) is 22.2 Å². The van der Waals surface area contributed by atoms with Gasteiger partial charge in [0.05, 0.1) is 4.92 Å². The first-order chi connectivity index (χ1) is 9.90. The van der Waals surface area contributed by atoms with E-state index >= 15 is 0 Å². The van der Waals surface area contributed by atoms with Crippen molar-refractivity contribution in [2.45, 2.75) is 26.3 Å². The highest BCUT2D eigenvalue weighted by Crippen LogP contribution is 2.32. The highest BCUT2D eigenvalue weighted by atomic mass is 16.6. The van der Waals surface area contributed by atoms with Gasteiger partial charge in [0.15, 0.2) is 0 Å². The number of hydrogen-bond acceptors (Lipinski definition) is 7. The Balaban J connectivity index is 2.42. The van der Waals surface area contributed by atoms with E-state index in [1.54, 1.807) is 0 Å². The van der Waals surface area contributed by atoms with E-state index < -0.39 is 16.9 Å². The number of carboxylic acids is 1. The lowest BCUT2D eigenvalue weighted by atomic mass is 10.0. The van der Waals surface area contributed by atoms with E-state index in [9.17, 15) is 20.0 Å². The number of benzene rings is 1. The van der Waals surface area contributed by atoms with Crippen LogP contribution in [0.4, 0.5) is 11.4 Å². The number of carbonyl (C=O) groups is 1. The Hall–Kier alpha value is -2.71. The van der Waals surface area contributed by atoms with Gasteiger partial charge in [-0.1, -0.05) is 13.8 Å². The van der Waals surface area contributed by atoms with Crippen LogP contribution >= 0.6 is 0 Å². The van der Waals surface area contributed by atoms with Crippen LogP contribution in [0.15, 0.2) is 16.8 Å². The fraction of sp³-hybridized carbons (Fsp3) is 0.417. The molecular weight excluding hydrogens is 280 g/mol. The number of nitrogens with one attached hydrogen (secondary N) is 1. The average molecular weight is 294 g/mol. The lowest BCUT2D eigenvalue weighted by molar-refractivity contribution is -0.382. The molecule has 0 aliphatic carbocycles. The van der Waals surface area contributed by atoms with Gasteiger partial charge in [0, 0.05) is 0 Å². The molecule has 1 heterocycles. The van der Waals surface area contributed by atoms with Crippen molar-refractivity contribution in [3.63, 3.8) is 0 Å². The van der Waals surface area contributed by atoms with Crippen LogP contribution in [-0.2, 0) is 4.79 Å². The van der Waals surface area contributed by atoms with Crippen molar-refractivity contribution in [2.75, 3.05) is 5.32 Å². The molecular formula is C12H14N4O5. The number of nitrogens with zero attached hydrogens (tertiary/aromatic N) is 3. The van der Waals surface area contributed by atoms with Crippen LogP contribution in [0.1, 0.15) is 20.3 Å². The number of rotatable bonds is 6. The van der Waals surface area contributed by atoms with E-state index in [2.05, 4.69) is 20.3 Å². The van der Waals surface area contributed by atoms with Gasteiger partial charge in [-0.25, -0.2) is 9.42 Å². The molecule has 21 heavy (non-hydrogen) atoms. The van der Waals surface area contributed by atoms with E-state index in [0.29, 0.717) is 6.42 Å². The maximum Gasteiger partial charge on any atom is 0.326 e. The Labute approximate surface area is 119 Å². The van der Waals surface area contributed by atoms with Gasteiger partial charge >= 0.3 is 11.7 Å². The molecule has 0 fully saturated rings. The topological polar surface area (TPSA) is 131 Å². The first-order valence-electron chi connectivity index (χ1n) is 6.29. The quantitative estimate of drug-likeness (QED) is 0.611. The molecule has 112 valence electrons. The van der Waals surface area contributed by atoms with Crippen LogP contribution < -0.4 is 5.32 Å². The fourth-order valence-electron chi connectivity index (χ4n) is 2.02. The average Bonchev–Trinajstić information content (AvgIpc) is 2.84. The van der Waals surface area contributed by atoms with Crippen molar-refractivity contribution in [1.29, 1.82) is 0 Å². The zero-order valence-electron chi connectivity index (χ0n) is 11.4. The number of anilines is 1. The third-order valence-corrected chi connectivity index (χ3v) is 2.92. The Morgan fingerprint density at radius 2 is 2.19 bits per heavy atom. The summed E-state index contributed by atoms with van der Waals surface area (Å²) in [5, 5.41) is 30.1. The summed E-state index contributed by atoms with van der Waals surface area (Å²) in [6, 6.07) is 1.96. The first kappa shape index (κ1) is 14.7. The normalized spacial score (nSPS) is 12.5. The smallest absolute Gasteiger partial charge is 0.326 e.